The molecule has 0 N–H and O–H groups in total. The van der Waals surface area contributed by atoms with Crippen LogP contribution >= 0.6 is 0 Å². The number of ether oxygens (including phenoxy) is 1. The number of anilines is 1. The molecule has 2 rings (SSSR count). The monoisotopic (exact) mass is 203 g/mol. The predicted molar refractivity (Wildman–Crippen MR) is 63.1 cm³/mol. The van der Waals surface area contributed by atoms with Crippen LogP contribution in [0.25, 0.3) is 0 Å². The first kappa shape index (κ1) is 10.1. The van der Waals surface area contributed by atoms with Gasteiger partial charge in [-0.25, -0.2) is 0 Å². The van der Waals surface area contributed by atoms with Crippen LogP contribution in [0.2, 0.25) is 0 Å². The van der Waals surface area contributed by atoms with Gasteiger partial charge in [-0.05, 0) is 26.0 Å². The summed E-state index contributed by atoms with van der Waals surface area (Å²) in [5.74, 6) is 0.856. The Labute approximate surface area is 91.2 Å². The molecule has 0 unspecified atom stereocenters. The van der Waals surface area contributed by atoms with Gasteiger partial charge in [0.2, 0.25) is 0 Å². The molecular weight excluding hydrogens is 186 g/mol. The highest BCUT2D eigenvalue weighted by Gasteiger charge is 2.19. The highest BCUT2D eigenvalue weighted by molar-refractivity contribution is 5.49. The quantitative estimate of drug-likeness (QED) is 0.696. The van der Waals surface area contributed by atoms with Gasteiger partial charge in [0.15, 0.2) is 0 Å². The van der Waals surface area contributed by atoms with Crippen molar-refractivity contribution in [2.75, 3.05) is 18.0 Å². The summed E-state index contributed by atoms with van der Waals surface area (Å²) in [5, 5.41) is 0. The van der Waals surface area contributed by atoms with Gasteiger partial charge in [0.05, 0.1) is 13.1 Å². The first-order valence-corrected chi connectivity index (χ1v) is 5.31. The number of rotatable bonds is 1. The van der Waals surface area contributed by atoms with Crippen molar-refractivity contribution >= 4 is 5.69 Å². The minimum Gasteiger partial charge on any atom is -0.492 e. The van der Waals surface area contributed by atoms with E-state index in [9.17, 15) is 0 Å². The molecule has 1 aromatic carbocycles. The topological polar surface area (TPSA) is 12.5 Å². The molecule has 0 aliphatic carbocycles. The van der Waals surface area contributed by atoms with Crippen LogP contribution in [0.5, 0.6) is 0 Å². The van der Waals surface area contributed by atoms with Crippen LogP contribution in [0.15, 0.2) is 36.6 Å². The first-order valence-electron chi connectivity index (χ1n) is 5.31. The Bertz CT molecular complexity index is 355. The van der Waals surface area contributed by atoms with E-state index in [1.165, 1.54) is 11.3 Å². The number of aryl methyl sites for hydroxylation is 1. The second kappa shape index (κ2) is 3.97. The van der Waals surface area contributed by atoms with Gasteiger partial charge < -0.3 is 9.64 Å². The van der Waals surface area contributed by atoms with Gasteiger partial charge in [-0.15, -0.1) is 0 Å². The summed E-state index contributed by atoms with van der Waals surface area (Å²) in [6, 6.07) is 8.58. The Balaban J connectivity index is 2.16. The van der Waals surface area contributed by atoms with E-state index in [4.69, 9.17) is 4.74 Å². The normalized spacial score (nSPS) is 21.3. The van der Waals surface area contributed by atoms with Crippen LogP contribution in [-0.2, 0) is 4.74 Å². The fourth-order valence-electron chi connectivity index (χ4n) is 1.90. The summed E-state index contributed by atoms with van der Waals surface area (Å²) >= 11 is 0. The lowest BCUT2D eigenvalue weighted by Crippen LogP contribution is -2.39. The van der Waals surface area contributed by atoms with E-state index in [2.05, 4.69) is 49.6 Å². The number of nitrogens with zero attached hydrogens (tertiary/aromatic N) is 1. The van der Waals surface area contributed by atoms with Crippen molar-refractivity contribution < 1.29 is 4.74 Å². The van der Waals surface area contributed by atoms with Crippen LogP contribution in [0.4, 0.5) is 5.69 Å². The molecule has 1 fully saturated rings. The number of morpholine rings is 1. The fraction of sp³-hybridized carbons (Fsp3) is 0.385. The summed E-state index contributed by atoms with van der Waals surface area (Å²) in [5.41, 5.74) is 2.54. The van der Waals surface area contributed by atoms with Crippen LogP contribution in [0, 0.1) is 6.92 Å². The average Bonchev–Trinajstić information content (AvgIpc) is 2.17. The molecule has 0 amide bonds. The summed E-state index contributed by atoms with van der Waals surface area (Å²) in [6.07, 6.45) is 0.229. The van der Waals surface area contributed by atoms with E-state index < -0.39 is 0 Å². The maximum absolute atomic E-state index is 5.53. The lowest BCUT2D eigenvalue weighted by atomic mass is 10.2. The van der Waals surface area contributed by atoms with Crippen molar-refractivity contribution in [2.45, 2.75) is 20.0 Å². The molecule has 1 aromatic rings. The summed E-state index contributed by atoms with van der Waals surface area (Å²) in [4.78, 5) is 2.30. The average molecular weight is 203 g/mol. The zero-order chi connectivity index (χ0) is 10.8. The Morgan fingerprint density at radius 3 is 2.60 bits per heavy atom. The Hall–Kier alpha value is -1.44. The molecular formula is C13H17NO. The lowest BCUT2D eigenvalue weighted by Gasteiger charge is -2.34. The van der Waals surface area contributed by atoms with Crippen molar-refractivity contribution in [1.29, 1.82) is 0 Å². The first-order chi connectivity index (χ1) is 7.15. The van der Waals surface area contributed by atoms with E-state index in [1.807, 2.05) is 0 Å². The van der Waals surface area contributed by atoms with Gasteiger partial charge in [-0.3, -0.25) is 0 Å². The number of hydrogen-bond acceptors (Lipinski definition) is 2. The largest absolute Gasteiger partial charge is 0.492 e. The summed E-state index contributed by atoms with van der Waals surface area (Å²) < 4.78 is 5.53. The third-order valence-corrected chi connectivity index (χ3v) is 2.61. The molecule has 1 saturated heterocycles. The molecule has 80 valence electrons. The maximum atomic E-state index is 5.53. The van der Waals surface area contributed by atoms with Crippen molar-refractivity contribution in [3.63, 3.8) is 0 Å². The Kier molecular flexibility index (Phi) is 2.67. The molecule has 1 heterocycles. The smallest absolute Gasteiger partial charge is 0.113 e. The Morgan fingerprint density at radius 2 is 2.00 bits per heavy atom. The minimum atomic E-state index is 0.229. The van der Waals surface area contributed by atoms with E-state index in [1.54, 1.807) is 0 Å². The van der Waals surface area contributed by atoms with Crippen LogP contribution in [-0.4, -0.2) is 19.2 Å². The van der Waals surface area contributed by atoms with Crippen molar-refractivity contribution in [2.24, 2.45) is 0 Å². The van der Waals surface area contributed by atoms with Gasteiger partial charge in [0.1, 0.15) is 11.9 Å². The predicted octanol–water partition coefficient (Wildman–Crippen LogP) is 2.73. The lowest BCUT2D eigenvalue weighted by molar-refractivity contribution is 0.114. The van der Waals surface area contributed by atoms with Gasteiger partial charge in [-0.1, -0.05) is 24.3 Å². The SMILES string of the molecule is C=C1CN(c2ccc(C)cc2)C[C@H](C)O1. The van der Waals surface area contributed by atoms with Gasteiger partial charge in [0.25, 0.3) is 0 Å². The van der Waals surface area contributed by atoms with Crippen LogP contribution < -0.4 is 4.90 Å². The molecule has 0 radical (unpaired) electrons. The molecule has 0 spiro atoms. The third-order valence-electron chi connectivity index (χ3n) is 2.61. The fourth-order valence-corrected chi connectivity index (χ4v) is 1.90. The number of benzene rings is 1. The summed E-state index contributed by atoms with van der Waals surface area (Å²) in [6.45, 7) is 9.80. The van der Waals surface area contributed by atoms with Crippen LogP contribution in [0.1, 0.15) is 12.5 Å². The number of hydrogen-bond donors (Lipinski definition) is 0. The molecule has 2 heteroatoms. The van der Waals surface area contributed by atoms with Crippen LogP contribution in [0.3, 0.4) is 0 Å². The molecule has 1 atom stereocenters. The van der Waals surface area contributed by atoms with Gasteiger partial charge in [0, 0.05) is 5.69 Å². The molecule has 1 aliphatic rings. The molecule has 1 aliphatic heterocycles. The second-order valence-electron chi connectivity index (χ2n) is 4.18. The molecule has 0 bridgehead atoms. The maximum Gasteiger partial charge on any atom is 0.113 e. The van der Waals surface area contributed by atoms with Gasteiger partial charge >= 0.3 is 0 Å². The van der Waals surface area contributed by atoms with E-state index in [0.717, 1.165) is 18.8 Å². The van der Waals surface area contributed by atoms with E-state index in [-0.39, 0.29) is 6.10 Å². The highest BCUT2D eigenvalue weighted by atomic mass is 16.5. The highest BCUT2D eigenvalue weighted by Crippen LogP contribution is 2.21. The zero-order valence-corrected chi connectivity index (χ0v) is 9.36. The van der Waals surface area contributed by atoms with E-state index in [0.29, 0.717) is 0 Å². The van der Waals surface area contributed by atoms with Crippen molar-refractivity contribution in [1.82, 2.24) is 0 Å². The zero-order valence-electron chi connectivity index (χ0n) is 9.36. The summed E-state index contributed by atoms with van der Waals surface area (Å²) in [7, 11) is 0. The Morgan fingerprint density at radius 1 is 1.33 bits per heavy atom. The standard InChI is InChI=1S/C13H17NO/c1-10-4-6-13(7-5-10)14-8-11(2)15-12(3)9-14/h4-7,12H,2,8-9H2,1,3H3/t12-/m0/s1. The van der Waals surface area contributed by atoms with Crippen molar-refractivity contribution in [3.8, 4) is 0 Å². The van der Waals surface area contributed by atoms with E-state index >= 15 is 0 Å². The van der Waals surface area contributed by atoms with Gasteiger partial charge in [-0.2, -0.15) is 0 Å². The molecule has 2 nitrogen and oxygen atoms in total. The second-order valence-corrected chi connectivity index (χ2v) is 4.18. The van der Waals surface area contributed by atoms with Crippen molar-refractivity contribution in [3.05, 3.63) is 42.2 Å². The third kappa shape index (κ3) is 2.32. The minimum absolute atomic E-state index is 0.229. The molecule has 15 heavy (non-hydrogen) atoms. The molecule has 0 aromatic heterocycles. The molecule has 0 saturated carbocycles.